The maximum atomic E-state index is 4.22. The zero-order valence-corrected chi connectivity index (χ0v) is 11.9. The van der Waals surface area contributed by atoms with E-state index in [4.69, 9.17) is 0 Å². The van der Waals surface area contributed by atoms with E-state index in [-0.39, 0.29) is 0 Å². The fourth-order valence-corrected chi connectivity index (χ4v) is 2.27. The molecule has 2 heteroatoms. The summed E-state index contributed by atoms with van der Waals surface area (Å²) in [5, 5.41) is 4.22. The van der Waals surface area contributed by atoms with Crippen LogP contribution in [-0.2, 0) is 6.42 Å². The predicted molar refractivity (Wildman–Crippen MR) is 87.4 cm³/mol. The number of aromatic nitrogens is 2. The van der Waals surface area contributed by atoms with Gasteiger partial charge in [0.05, 0.1) is 5.69 Å². The van der Waals surface area contributed by atoms with Gasteiger partial charge in [-0.2, -0.15) is 5.10 Å². The third-order valence-electron chi connectivity index (χ3n) is 3.41. The molecule has 0 bridgehead atoms. The minimum absolute atomic E-state index is 1.06. The van der Waals surface area contributed by atoms with Crippen LogP contribution in [-0.4, -0.2) is 9.78 Å². The summed E-state index contributed by atoms with van der Waals surface area (Å²) < 4.78 is 1.86. The summed E-state index contributed by atoms with van der Waals surface area (Å²) in [5.41, 5.74) is 3.69. The number of benzene rings is 2. The molecule has 0 aliphatic heterocycles. The summed E-state index contributed by atoms with van der Waals surface area (Å²) in [5.74, 6) is 0. The number of allylic oxidation sites excluding steroid dienone is 1. The first-order chi connectivity index (χ1) is 10.4. The van der Waals surface area contributed by atoms with E-state index in [2.05, 4.69) is 71.8 Å². The molecule has 21 heavy (non-hydrogen) atoms. The summed E-state index contributed by atoms with van der Waals surface area (Å²) in [7, 11) is 0. The average molecular weight is 274 g/mol. The van der Waals surface area contributed by atoms with Crippen molar-refractivity contribution in [2.75, 3.05) is 0 Å². The molecule has 0 aliphatic carbocycles. The van der Waals surface area contributed by atoms with Gasteiger partial charge >= 0.3 is 0 Å². The fourth-order valence-electron chi connectivity index (χ4n) is 2.27. The first-order valence-corrected chi connectivity index (χ1v) is 7.22. The third-order valence-corrected chi connectivity index (χ3v) is 3.41. The monoisotopic (exact) mass is 274 g/mol. The molecule has 0 aliphatic rings. The summed E-state index contributed by atoms with van der Waals surface area (Å²) in [6, 6.07) is 20.9. The van der Waals surface area contributed by atoms with Gasteiger partial charge in [-0.05, 0) is 42.2 Å². The maximum Gasteiger partial charge on any atom is 0.0645 e. The van der Waals surface area contributed by atoms with E-state index in [0.717, 1.165) is 18.5 Å². The maximum absolute atomic E-state index is 4.22. The topological polar surface area (TPSA) is 17.8 Å². The van der Waals surface area contributed by atoms with Crippen molar-refractivity contribution in [1.82, 2.24) is 9.78 Å². The van der Waals surface area contributed by atoms with E-state index >= 15 is 0 Å². The van der Waals surface area contributed by atoms with Gasteiger partial charge < -0.3 is 0 Å². The Morgan fingerprint density at radius 1 is 0.905 bits per heavy atom. The Hall–Kier alpha value is -2.61. The molecule has 0 radical (unpaired) electrons. The van der Waals surface area contributed by atoms with E-state index in [1.807, 2.05) is 16.9 Å². The molecule has 2 aromatic carbocycles. The molecule has 3 aromatic rings. The molecule has 0 N–H and O–H groups in total. The van der Waals surface area contributed by atoms with Gasteiger partial charge in [0.15, 0.2) is 0 Å². The highest BCUT2D eigenvalue weighted by atomic mass is 15.3. The Kier molecular flexibility index (Phi) is 4.27. The molecule has 0 saturated carbocycles. The van der Waals surface area contributed by atoms with Gasteiger partial charge in [-0.1, -0.05) is 54.6 Å². The predicted octanol–water partition coefficient (Wildman–Crippen LogP) is 4.52. The summed E-state index contributed by atoms with van der Waals surface area (Å²) in [6.45, 7) is 0. The minimum atomic E-state index is 1.06. The van der Waals surface area contributed by atoms with Crippen LogP contribution in [0.3, 0.4) is 0 Å². The van der Waals surface area contributed by atoms with Gasteiger partial charge in [0.2, 0.25) is 0 Å². The van der Waals surface area contributed by atoms with Crippen LogP contribution in [0.5, 0.6) is 0 Å². The zero-order chi connectivity index (χ0) is 14.3. The lowest BCUT2D eigenvalue weighted by atomic mass is 10.1. The highest BCUT2D eigenvalue weighted by Gasteiger charge is 1.95. The lowest BCUT2D eigenvalue weighted by molar-refractivity contribution is 0.880. The molecule has 0 unspecified atom stereocenters. The number of hydrogen-bond acceptors (Lipinski definition) is 1. The quantitative estimate of drug-likeness (QED) is 0.669. The molecule has 104 valence electrons. The van der Waals surface area contributed by atoms with Gasteiger partial charge in [-0.3, -0.25) is 0 Å². The minimum Gasteiger partial charge on any atom is -0.241 e. The van der Waals surface area contributed by atoms with Crippen molar-refractivity contribution >= 4 is 6.08 Å². The van der Waals surface area contributed by atoms with Crippen LogP contribution in [0.2, 0.25) is 0 Å². The third kappa shape index (κ3) is 3.69. The van der Waals surface area contributed by atoms with E-state index in [9.17, 15) is 0 Å². The van der Waals surface area contributed by atoms with E-state index < -0.39 is 0 Å². The van der Waals surface area contributed by atoms with Crippen molar-refractivity contribution in [3.05, 3.63) is 90.3 Å². The first kappa shape index (κ1) is 13.4. The number of aryl methyl sites for hydroxylation is 1. The summed E-state index contributed by atoms with van der Waals surface area (Å²) >= 11 is 0. The molecule has 0 atom stereocenters. The largest absolute Gasteiger partial charge is 0.241 e. The van der Waals surface area contributed by atoms with Crippen molar-refractivity contribution in [2.45, 2.75) is 12.8 Å². The van der Waals surface area contributed by atoms with E-state index in [1.54, 1.807) is 6.20 Å². The average Bonchev–Trinajstić information content (AvgIpc) is 3.08. The highest BCUT2D eigenvalue weighted by molar-refractivity contribution is 5.51. The second-order valence-corrected chi connectivity index (χ2v) is 4.97. The standard InChI is InChI=1S/C19H18N2/c1-2-7-17(8-3-1)9-4-5-10-18-11-13-19(14-12-18)21-16-6-15-20-21/h1-3,5-8,10-16H,4,9H2. The van der Waals surface area contributed by atoms with Crippen molar-refractivity contribution in [1.29, 1.82) is 0 Å². The Labute approximate surface area is 125 Å². The van der Waals surface area contributed by atoms with E-state index in [0.29, 0.717) is 0 Å². The van der Waals surface area contributed by atoms with Crippen LogP contribution in [0.4, 0.5) is 0 Å². The van der Waals surface area contributed by atoms with Crippen LogP contribution in [0.1, 0.15) is 17.5 Å². The second kappa shape index (κ2) is 6.71. The first-order valence-electron chi connectivity index (χ1n) is 7.22. The smallest absolute Gasteiger partial charge is 0.0645 e. The zero-order valence-electron chi connectivity index (χ0n) is 11.9. The van der Waals surface area contributed by atoms with Gasteiger partial charge in [0, 0.05) is 12.4 Å². The van der Waals surface area contributed by atoms with Gasteiger partial charge in [0.1, 0.15) is 0 Å². The molecule has 1 heterocycles. The highest BCUT2D eigenvalue weighted by Crippen LogP contribution is 2.11. The molecule has 0 fully saturated rings. The lowest BCUT2D eigenvalue weighted by Gasteiger charge is -2.01. The molecule has 0 amide bonds. The van der Waals surface area contributed by atoms with Gasteiger partial charge in [0.25, 0.3) is 0 Å². The molecular weight excluding hydrogens is 256 g/mol. The normalized spacial score (nSPS) is 11.0. The Morgan fingerprint density at radius 2 is 1.71 bits per heavy atom. The molecule has 3 rings (SSSR count). The fraction of sp³-hybridized carbons (Fsp3) is 0.105. The second-order valence-electron chi connectivity index (χ2n) is 4.97. The number of nitrogens with zero attached hydrogens (tertiary/aromatic N) is 2. The molecule has 1 aromatic heterocycles. The van der Waals surface area contributed by atoms with Gasteiger partial charge in [-0.15, -0.1) is 0 Å². The molecular formula is C19H18N2. The Morgan fingerprint density at radius 3 is 2.43 bits per heavy atom. The van der Waals surface area contributed by atoms with Gasteiger partial charge in [-0.25, -0.2) is 4.68 Å². The van der Waals surface area contributed by atoms with Crippen LogP contribution < -0.4 is 0 Å². The van der Waals surface area contributed by atoms with Crippen molar-refractivity contribution in [3.8, 4) is 5.69 Å². The van der Waals surface area contributed by atoms with E-state index in [1.165, 1.54) is 11.1 Å². The Balaban J connectivity index is 1.56. The summed E-state index contributed by atoms with van der Waals surface area (Å²) in [4.78, 5) is 0. The molecule has 2 nitrogen and oxygen atoms in total. The van der Waals surface area contributed by atoms with Crippen molar-refractivity contribution in [2.24, 2.45) is 0 Å². The van der Waals surface area contributed by atoms with Crippen LogP contribution >= 0.6 is 0 Å². The van der Waals surface area contributed by atoms with Crippen molar-refractivity contribution < 1.29 is 0 Å². The Bertz CT molecular complexity index is 680. The molecule has 0 saturated heterocycles. The SMILES string of the molecule is C(=Cc1ccc(-n2cccn2)cc1)CCc1ccccc1. The lowest BCUT2D eigenvalue weighted by Crippen LogP contribution is -1.93. The van der Waals surface area contributed by atoms with Crippen LogP contribution in [0.15, 0.2) is 79.1 Å². The molecule has 0 spiro atoms. The van der Waals surface area contributed by atoms with Crippen molar-refractivity contribution in [3.63, 3.8) is 0 Å². The number of hydrogen-bond donors (Lipinski definition) is 0. The number of rotatable bonds is 5. The van der Waals surface area contributed by atoms with Crippen LogP contribution in [0.25, 0.3) is 11.8 Å². The summed E-state index contributed by atoms with van der Waals surface area (Å²) in [6.07, 6.45) is 10.3. The van der Waals surface area contributed by atoms with Crippen LogP contribution in [0, 0.1) is 0 Å².